The molecular weight excluding hydrogens is 292 g/mol. The molecule has 0 N–H and O–H groups in total. The van der Waals surface area contributed by atoms with Crippen LogP contribution in [-0.4, -0.2) is 0 Å². The van der Waals surface area contributed by atoms with Crippen LogP contribution in [0.15, 0.2) is 27.2 Å². The number of benzene rings is 1. The lowest BCUT2D eigenvalue weighted by Crippen LogP contribution is -2.00. The Kier molecular flexibility index (Phi) is 1.58. The normalized spacial score (nSPS) is 20.8. The summed E-state index contributed by atoms with van der Waals surface area (Å²) in [5.74, 6) is 0. The van der Waals surface area contributed by atoms with E-state index in [4.69, 9.17) is 0 Å². The van der Waals surface area contributed by atoms with Gasteiger partial charge in [0.2, 0.25) is 0 Å². The summed E-state index contributed by atoms with van der Waals surface area (Å²) in [6.07, 6.45) is 7.24. The third-order valence-corrected chi connectivity index (χ3v) is 4.04. The first-order valence-electron chi connectivity index (χ1n) is 4.40. The van der Waals surface area contributed by atoms with Gasteiger partial charge < -0.3 is 0 Å². The first kappa shape index (κ1) is 8.25. The lowest BCUT2D eigenvalue weighted by atomic mass is 9.98. The zero-order valence-corrected chi connectivity index (χ0v) is 10.2. The highest BCUT2D eigenvalue weighted by molar-refractivity contribution is 9.11. The van der Waals surface area contributed by atoms with Gasteiger partial charge >= 0.3 is 0 Å². The minimum Gasteiger partial charge on any atom is -0.0733 e. The molecule has 1 fully saturated rings. The van der Waals surface area contributed by atoms with E-state index < -0.39 is 0 Å². The molecule has 2 aliphatic carbocycles. The van der Waals surface area contributed by atoms with Crippen molar-refractivity contribution < 1.29 is 0 Å². The number of fused-ring (bicyclic) bond motifs is 2. The van der Waals surface area contributed by atoms with Gasteiger partial charge in [0.1, 0.15) is 0 Å². The van der Waals surface area contributed by atoms with E-state index in [2.05, 4.69) is 56.1 Å². The lowest BCUT2D eigenvalue weighted by molar-refractivity contribution is 0.905. The molecule has 0 heterocycles. The molecule has 0 amide bonds. The van der Waals surface area contributed by atoms with Gasteiger partial charge in [-0.25, -0.2) is 0 Å². The molecule has 66 valence electrons. The van der Waals surface area contributed by atoms with Crippen molar-refractivity contribution in [2.45, 2.75) is 18.3 Å². The SMILES string of the molecule is Brc1cc(Br)c2c(c1)C=CC21CC1. The van der Waals surface area contributed by atoms with Gasteiger partial charge in [-0.05, 0) is 36.1 Å². The monoisotopic (exact) mass is 298 g/mol. The van der Waals surface area contributed by atoms with Crippen LogP contribution in [0.3, 0.4) is 0 Å². The van der Waals surface area contributed by atoms with Crippen LogP contribution in [0.2, 0.25) is 0 Å². The van der Waals surface area contributed by atoms with Gasteiger partial charge in [0.05, 0.1) is 0 Å². The van der Waals surface area contributed by atoms with E-state index in [1.165, 1.54) is 28.4 Å². The summed E-state index contributed by atoms with van der Waals surface area (Å²) in [7, 11) is 0. The molecule has 0 saturated heterocycles. The van der Waals surface area contributed by atoms with Crippen molar-refractivity contribution in [1.82, 2.24) is 0 Å². The molecule has 13 heavy (non-hydrogen) atoms. The number of halogens is 2. The van der Waals surface area contributed by atoms with Crippen molar-refractivity contribution in [3.05, 3.63) is 38.3 Å². The molecule has 2 heteroatoms. The number of allylic oxidation sites excluding steroid dienone is 1. The highest BCUT2D eigenvalue weighted by Gasteiger charge is 2.46. The smallest absolute Gasteiger partial charge is 0.0233 e. The Morgan fingerprint density at radius 1 is 1.15 bits per heavy atom. The van der Waals surface area contributed by atoms with Crippen LogP contribution < -0.4 is 0 Å². The Morgan fingerprint density at radius 3 is 2.62 bits per heavy atom. The maximum Gasteiger partial charge on any atom is 0.0233 e. The van der Waals surface area contributed by atoms with Gasteiger partial charge in [0, 0.05) is 14.4 Å². The van der Waals surface area contributed by atoms with Gasteiger partial charge in [0.15, 0.2) is 0 Å². The first-order chi connectivity index (χ1) is 6.21. The van der Waals surface area contributed by atoms with Crippen LogP contribution in [0, 0.1) is 0 Å². The van der Waals surface area contributed by atoms with E-state index in [0.717, 1.165) is 4.47 Å². The molecule has 1 aromatic rings. The fourth-order valence-corrected chi connectivity index (χ4v) is 3.79. The second-order valence-corrected chi connectivity index (χ2v) is 5.61. The third-order valence-electron chi connectivity index (χ3n) is 2.95. The second-order valence-electron chi connectivity index (χ2n) is 3.84. The predicted octanol–water partition coefficient (Wildman–Crippen LogP) is 4.27. The molecule has 0 radical (unpaired) electrons. The van der Waals surface area contributed by atoms with Gasteiger partial charge in [-0.1, -0.05) is 44.0 Å². The molecule has 1 aromatic carbocycles. The van der Waals surface area contributed by atoms with E-state index in [1.807, 2.05) is 0 Å². The Labute approximate surface area is 94.3 Å². The molecule has 1 spiro atoms. The standard InChI is InChI=1S/C11H8Br2/c12-8-5-7-1-2-11(3-4-11)10(7)9(13)6-8/h1-2,5-6H,3-4H2. The zero-order valence-electron chi connectivity index (χ0n) is 6.98. The average molecular weight is 300 g/mol. The van der Waals surface area contributed by atoms with Crippen LogP contribution in [0.1, 0.15) is 24.0 Å². The quantitative estimate of drug-likeness (QED) is 0.671. The maximum absolute atomic E-state index is 3.64. The van der Waals surface area contributed by atoms with Crippen molar-refractivity contribution in [2.24, 2.45) is 0 Å². The zero-order chi connectivity index (χ0) is 9.05. The highest BCUT2D eigenvalue weighted by Crippen LogP contribution is 2.56. The number of hydrogen-bond donors (Lipinski definition) is 0. The Bertz CT molecular complexity index is 414. The third kappa shape index (κ3) is 1.08. The molecule has 0 atom stereocenters. The molecule has 0 bridgehead atoms. The lowest BCUT2D eigenvalue weighted by Gasteiger charge is -2.10. The largest absolute Gasteiger partial charge is 0.0733 e. The summed E-state index contributed by atoms with van der Waals surface area (Å²) in [4.78, 5) is 0. The van der Waals surface area contributed by atoms with Crippen LogP contribution in [0.25, 0.3) is 6.08 Å². The van der Waals surface area contributed by atoms with Crippen LogP contribution in [-0.2, 0) is 5.41 Å². The van der Waals surface area contributed by atoms with Gasteiger partial charge in [-0.3, -0.25) is 0 Å². The Hall–Kier alpha value is -0.0800. The van der Waals surface area contributed by atoms with Gasteiger partial charge in [-0.2, -0.15) is 0 Å². The fourth-order valence-electron chi connectivity index (χ4n) is 2.13. The van der Waals surface area contributed by atoms with E-state index >= 15 is 0 Å². The summed E-state index contributed by atoms with van der Waals surface area (Å²) in [5, 5.41) is 0. The van der Waals surface area contributed by atoms with Crippen LogP contribution >= 0.6 is 31.9 Å². The maximum atomic E-state index is 3.64. The summed E-state index contributed by atoms with van der Waals surface area (Å²) in [5.41, 5.74) is 3.28. The summed E-state index contributed by atoms with van der Waals surface area (Å²) in [6.45, 7) is 0. The predicted molar refractivity (Wildman–Crippen MR) is 61.8 cm³/mol. The van der Waals surface area contributed by atoms with Crippen molar-refractivity contribution in [2.75, 3.05) is 0 Å². The van der Waals surface area contributed by atoms with Crippen molar-refractivity contribution >= 4 is 37.9 Å². The van der Waals surface area contributed by atoms with Crippen molar-refractivity contribution in [1.29, 1.82) is 0 Å². The molecule has 2 aliphatic rings. The minimum atomic E-state index is 0.412. The topological polar surface area (TPSA) is 0 Å². The van der Waals surface area contributed by atoms with Crippen molar-refractivity contribution in [3.8, 4) is 0 Å². The van der Waals surface area contributed by atoms with E-state index in [-0.39, 0.29) is 0 Å². The van der Waals surface area contributed by atoms with Gasteiger partial charge in [0.25, 0.3) is 0 Å². The van der Waals surface area contributed by atoms with Gasteiger partial charge in [-0.15, -0.1) is 0 Å². The van der Waals surface area contributed by atoms with E-state index in [0.29, 0.717) is 5.41 Å². The van der Waals surface area contributed by atoms with E-state index in [9.17, 15) is 0 Å². The second kappa shape index (κ2) is 2.48. The van der Waals surface area contributed by atoms with Crippen LogP contribution in [0.5, 0.6) is 0 Å². The molecule has 0 nitrogen and oxygen atoms in total. The molecule has 0 aromatic heterocycles. The minimum absolute atomic E-state index is 0.412. The van der Waals surface area contributed by atoms with Crippen molar-refractivity contribution in [3.63, 3.8) is 0 Å². The number of rotatable bonds is 0. The highest BCUT2D eigenvalue weighted by atomic mass is 79.9. The first-order valence-corrected chi connectivity index (χ1v) is 5.99. The summed E-state index contributed by atoms with van der Waals surface area (Å²) >= 11 is 7.15. The molecule has 1 saturated carbocycles. The van der Waals surface area contributed by atoms with Crippen LogP contribution in [0.4, 0.5) is 0 Å². The Morgan fingerprint density at radius 2 is 1.92 bits per heavy atom. The fraction of sp³-hybridized carbons (Fsp3) is 0.273. The molecule has 0 unspecified atom stereocenters. The average Bonchev–Trinajstić information content (AvgIpc) is 2.70. The summed E-state index contributed by atoms with van der Waals surface area (Å²) in [6, 6.07) is 4.34. The summed E-state index contributed by atoms with van der Waals surface area (Å²) < 4.78 is 2.40. The molecule has 3 rings (SSSR count). The number of hydrogen-bond acceptors (Lipinski definition) is 0. The Balaban J connectivity index is 2.29. The molecule has 0 aliphatic heterocycles. The van der Waals surface area contributed by atoms with E-state index in [1.54, 1.807) is 0 Å². The molecular formula is C11H8Br2.